The molecule has 2 heterocycles. The zero-order chi connectivity index (χ0) is 28.6. The van der Waals surface area contributed by atoms with Crippen LogP contribution in [0.4, 0.5) is 0 Å². The Bertz CT molecular complexity index is 838. The van der Waals surface area contributed by atoms with E-state index in [4.69, 9.17) is 37.9 Å². The Balaban J connectivity index is 2.27. The third-order valence-electron chi connectivity index (χ3n) is 4.85. The molecule has 214 valence electrons. The highest BCUT2D eigenvalue weighted by Crippen LogP contribution is 2.43. The zero-order valence-corrected chi connectivity index (χ0v) is 23.2. The average Bonchev–Trinajstić information content (AvgIpc) is 2.76. The second-order valence-corrected chi connectivity index (χ2v) is 10.7. The first-order chi connectivity index (χ1) is 17.8. The normalized spacial score (nSPS) is 30.8. The van der Waals surface area contributed by atoms with Crippen LogP contribution in [0.5, 0.6) is 0 Å². The molecule has 38 heavy (non-hydrogen) atoms. The summed E-state index contributed by atoms with van der Waals surface area (Å²) in [5.74, 6) is -4.13. The molecule has 8 atom stereocenters. The van der Waals surface area contributed by atoms with Gasteiger partial charge in [-0.15, -0.1) is 0 Å². The van der Waals surface area contributed by atoms with E-state index >= 15 is 0 Å². The number of hydrogen-bond donors (Lipinski definition) is 0. The largest absolute Gasteiger partial charge is 0.456 e. The average molecular weight is 583 g/mol. The van der Waals surface area contributed by atoms with E-state index in [2.05, 4.69) is 0 Å². The lowest BCUT2D eigenvalue weighted by Crippen LogP contribution is -2.57. The number of esters is 6. The lowest BCUT2D eigenvalue weighted by Gasteiger charge is -2.42. The van der Waals surface area contributed by atoms with E-state index in [1.165, 1.54) is 13.8 Å². The van der Waals surface area contributed by atoms with Gasteiger partial charge in [0.15, 0.2) is 47.5 Å². The van der Waals surface area contributed by atoms with Crippen LogP contribution >= 0.6 is 21.6 Å². The third kappa shape index (κ3) is 9.63. The van der Waals surface area contributed by atoms with Gasteiger partial charge < -0.3 is 37.9 Å². The topological polar surface area (TPSA) is 176 Å². The Kier molecular flexibility index (Phi) is 12.1. The van der Waals surface area contributed by atoms with Crippen LogP contribution in [0.15, 0.2) is 0 Å². The summed E-state index contributed by atoms with van der Waals surface area (Å²) in [7, 11) is 1.99. The van der Waals surface area contributed by atoms with E-state index in [0.717, 1.165) is 49.3 Å². The van der Waals surface area contributed by atoms with Crippen molar-refractivity contribution in [2.45, 2.75) is 89.0 Å². The van der Waals surface area contributed by atoms with Crippen molar-refractivity contribution < 1.29 is 66.7 Å². The van der Waals surface area contributed by atoms with Crippen LogP contribution in [-0.4, -0.2) is 96.5 Å². The van der Waals surface area contributed by atoms with Crippen molar-refractivity contribution in [2.24, 2.45) is 0 Å². The molecule has 0 aromatic heterocycles. The van der Waals surface area contributed by atoms with Crippen LogP contribution in [0, 0.1) is 0 Å². The molecular weight excluding hydrogens is 552 g/mol. The van der Waals surface area contributed by atoms with E-state index in [0.29, 0.717) is 0 Å². The monoisotopic (exact) mass is 582 g/mol. The Morgan fingerprint density at radius 3 is 1.00 bits per heavy atom. The molecular formula is C22H30O14S2. The molecule has 2 saturated heterocycles. The summed E-state index contributed by atoms with van der Waals surface area (Å²) in [5, 5.41) is 0. The van der Waals surface area contributed by atoms with Crippen molar-refractivity contribution in [3.05, 3.63) is 0 Å². The summed E-state index contributed by atoms with van der Waals surface area (Å²) in [5.41, 5.74) is -1.92. The predicted molar refractivity (Wildman–Crippen MR) is 128 cm³/mol. The standard InChI is InChI=1S/C22H30O14S2/c1-9(23)31-15-7-29-21(19(35-13(5)27)17(15)33-11(3)25)37-38-22-20(36-14(6)28)18(34-12(4)26)16(8-30-22)32-10(2)24/h15-22H,7-8H2,1-6H3/t15-,16+,17-,18-,19-,20-,21-,22-/m1/s1. The fourth-order valence-corrected chi connectivity index (χ4v) is 6.47. The van der Waals surface area contributed by atoms with E-state index in [-0.39, 0.29) is 13.2 Å². The molecule has 2 fully saturated rings. The van der Waals surface area contributed by atoms with Gasteiger partial charge in [0.2, 0.25) is 0 Å². The SMILES string of the molecule is CC(=O)O[C@@H]1[C@H](OC(C)=O)[C@@H](OC(C)=O)CO[C@@H]1SS[C@H]1OC[C@@H](OC(C)=O)[C@@H](OC(C)=O)[C@H]1OC(C)=O. The fraction of sp³-hybridized carbons (Fsp3) is 0.727. The maximum atomic E-state index is 11.9. The Morgan fingerprint density at radius 1 is 0.474 bits per heavy atom. The lowest BCUT2D eigenvalue weighted by atomic mass is 10.1. The summed E-state index contributed by atoms with van der Waals surface area (Å²) in [6.07, 6.45) is -6.82. The fourth-order valence-electron chi connectivity index (χ4n) is 3.69. The molecule has 2 aliphatic rings. The maximum Gasteiger partial charge on any atom is 0.303 e. The molecule has 14 nitrogen and oxygen atoms in total. The highest BCUT2D eigenvalue weighted by molar-refractivity contribution is 8.77. The molecule has 2 rings (SSSR count). The molecule has 0 aromatic carbocycles. The molecule has 0 amide bonds. The molecule has 0 bridgehead atoms. The van der Waals surface area contributed by atoms with Gasteiger partial charge in [-0.2, -0.15) is 0 Å². The van der Waals surface area contributed by atoms with Gasteiger partial charge in [0.1, 0.15) is 0 Å². The van der Waals surface area contributed by atoms with Crippen molar-refractivity contribution in [1.82, 2.24) is 0 Å². The molecule has 0 saturated carbocycles. The van der Waals surface area contributed by atoms with Crippen LogP contribution in [0.1, 0.15) is 41.5 Å². The number of rotatable bonds is 9. The summed E-state index contributed by atoms with van der Waals surface area (Å²) in [6.45, 7) is 6.56. The van der Waals surface area contributed by atoms with Gasteiger partial charge in [0, 0.05) is 41.5 Å². The smallest absolute Gasteiger partial charge is 0.303 e. The first kappa shape index (κ1) is 31.7. The van der Waals surface area contributed by atoms with Gasteiger partial charge >= 0.3 is 35.8 Å². The van der Waals surface area contributed by atoms with E-state index in [9.17, 15) is 28.8 Å². The van der Waals surface area contributed by atoms with Gasteiger partial charge in [-0.25, -0.2) is 0 Å². The maximum absolute atomic E-state index is 11.9. The van der Waals surface area contributed by atoms with Crippen molar-refractivity contribution in [1.29, 1.82) is 0 Å². The molecule has 0 radical (unpaired) electrons. The number of carbonyl (C=O) groups is 6. The summed E-state index contributed by atoms with van der Waals surface area (Å²) < 4.78 is 43.3. The summed E-state index contributed by atoms with van der Waals surface area (Å²) in [6, 6.07) is 0. The second kappa shape index (κ2) is 14.6. The minimum atomic E-state index is -1.19. The number of carbonyl (C=O) groups excluding carboxylic acids is 6. The van der Waals surface area contributed by atoms with Gasteiger partial charge in [0.25, 0.3) is 0 Å². The van der Waals surface area contributed by atoms with Crippen molar-refractivity contribution in [3.8, 4) is 0 Å². The zero-order valence-electron chi connectivity index (χ0n) is 21.6. The van der Waals surface area contributed by atoms with Crippen molar-refractivity contribution >= 4 is 57.4 Å². The van der Waals surface area contributed by atoms with Gasteiger partial charge in [-0.05, 0) is 0 Å². The van der Waals surface area contributed by atoms with Gasteiger partial charge in [0.05, 0.1) is 13.2 Å². The lowest BCUT2D eigenvalue weighted by molar-refractivity contribution is -0.213. The van der Waals surface area contributed by atoms with Gasteiger partial charge in [-0.3, -0.25) is 28.8 Å². The minimum Gasteiger partial charge on any atom is -0.456 e. The van der Waals surface area contributed by atoms with Crippen LogP contribution in [-0.2, 0) is 66.7 Å². The molecule has 0 unspecified atom stereocenters. The van der Waals surface area contributed by atoms with Crippen LogP contribution in [0.3, 0.4) is 0 Å². The Morgan fingerprint density at radius 2 is 0.737 bits per heavy atom. The highest BCUT2D eigenvalue weighted by atomic mass is 33.1. The number of ether oxygens (including phenoxy) is 8. The first-order valence-corrected chi connectivity index (χ1v) is 13.6. The third-order valence-corrected chi connectivity index (χ3v) is 7.63. The van der Waals surface area contributed by atoms with Gasteiger partial charge in [-0.1, -0.05) is 21.6 Å². The molecule has 0 aromatic rings. The summed E-state index contributed by atoms with van der Waals surface area (Å²) >= 11 is 0. The van der Waals surface area contributed by atoms with E-state index in [1.54, 1.807) is 0 Å². The van der Waals surface area contributed by atoms with Crippen molar-refractivity contribution in [3.63, 3.8) is 0 Å². The van der Waals surface area contributed by atoms with Crippen molar-refractivity contribution in [2.75, 3.05) is 13.2 Å². The predicted octanol–water partition coefficient (Wildman–Crippen LogP) is 0.671. The minimum absolute atomic E-state index is 0.184. The van der Waals surface area contributed by atoms with Crippen LogP contribution < -0.4 is 0 Å². The molecule has 2 aliphatic heterocycles. The highest BCUT2D eigenvalue weighted by Gasteiger charge is 2.50. The Labute approximate surface area is 226 Å². The molecule has 0 spiro atoms. The summed E-state index contributed by atoms with van der Waals surface area (Å²) in [4.78, 5) is 70.3. The quantitative estimate of drug-likeness (QED) is 0.210. The number of hydrogen-bond acceptors (Lipinski definition) is 16. The molecule has 0 aliphatic carbocycles. The van der Waals surface area contributed by atoms with Crippen LogP contribution in [0.2, 0.25) is 0 Å². The first-order valence-electron chi connectivity index (χ1n) is 11.4. The molecule has 0 N–H and O–H groups in total. The van der Waals surface area contributed by atoms with E-state index < -0.39 is 83.3 Å². The van der Waals surface area contributed by atoms with E-state index in [1.807, 2.05) is 0 Å². The second-order valence-electron chi connectivity index (χ2n) is 8.19. The molecule has 16 heteroatoms. The van der Waals surface area contributed by atoms with Crippen LogP contribution in [0.25, 0.3) is 0 Å². The Hall–Kier alpha value is -2.56.